The SMILES string of the molecule is Cc1ccc(S(=O)(=O)N2CCN3Cc4cccc(n4)CNC(Cc4cccc(n4)C3)CN(S(=O)(=O)c3ccc(C)cc3)CCN3Cc4cccc(n4)CN(CC2)c2cccc3n2)cc1. The zero-order chi connectivity index (χ0) is 44.3. The molecule has 3 aliphatic heterocycles. The highest BCUT2D eigenvalue weighted by atomic mass is 32.2. The molecule has 64 heavy (non-hydrogen) atoms. The van der Waals surface area contributed by atoms with Crippen molar-refractivity contribution in [2.45, 2.75) is 68.8 Å². The van der Waals surface area contributed by atoms with Crippen LogP contribution in [0.1, 0.15) is 45.3 Å². The van der Waals surface area contributed by atoms with E-state index in [1.807, 2.05) is 111 Å². The summed E-state index contributed by atoms with van der Waals surface area (Å²) in [4.78, 5) is 27.3. The van der Waals surface area contributed by atoms with E-state index in [4.69, 9.17) is 19.9 Å². The van der Waals surface area contributed by atoms with E-state index in [1.54, 1.807) is 32.9 Å². The number of anilines is 2. The molecular weight excluding hydrogens is 845 g/mol. The summed E-state index contributed by atoms with van der Waals surface area (Å²) in [5.74, 6) is 1.34. The fraction of sp³-hybridized carbons (Fsp3) is 0.333. The summed E-state index contributed by atoms with van der Waals surface area (Å²) in [7, 11) is -7.92. The van der Waals surface area contributed by atoms with Gasteiger partial charge in [0.2, 0.25) is 20.0 Å². The Kier molecular flexibility index (Phi) is 12.8. The number of nitrogens with one attached hydrogen (secondary N) is 1. The summed E-state index contributed by atoms with van der Waals surface area (Å²) in [5, 5.41) is 3.68. The average molecular weight is 899 g/mol. The average Bonchev–Trinajstić information content (AvgIpc) is 3.28. The Bertz CT molecular complexity index is 2810. The van der Waals surface area contributed by atoms with Gasteiger partial charge in [0.1, 0.15) is 11.6 Å². The van der Waals surface area contributed by atoms with Crippen molar-refractivity contribution in [2.24, 2.45) is 0 Å². The largest absolute Gasteiger partial charge is 0.349 e. The van der Waals surface area contributed by atoms with E-state index in [0.29, 0.717) is 70.4 Å². The van der Waals surface area contributed by atoms with Gasteiger partial charge in [0.15, 0.2) is 0 Å². The van der Waals surface area contributed by atoms with Crippen LogP contribution < -0.4 is 15.1 Å². The van der Waals surface area contributed by atoms with Crippen LogP contribution in [0.3, 0.4) is 0 Å². The maximum Gasteiger partial charge on any atom is 0.243 e. The summed E-state index contributed by atoms with van der Waals surface area (Å²) in [6.45, 7) is 7.80. The second-order valence-electron chi connectivity index (χ2n) is 16.9. The van der Waals surface area contributed by atoms with Crippen LogP contribution in [-0.2, 0) is 59.2 Å². The quantitative estimate of drug-likeness (QED) is 0.244. The topological polar surface area (TPSA) is 148 Å². The zero-order valence-corrected chi connectivity index (χ0v) is 37.9. The van der Waals surface area contributed by atoms with Crippen LogP contribution in [-0.4, -0.2) is 102 Å². The normalized spacial score (nSPS) is 19.5. The highest BCUT2D eigenvalue weighted by Crippen LogP contribution is 2.26. The highest BCUT2D eigenvalue weighted by Gasteiger charge is 2.31. The van der Waals surface area contributed by atoms with Crippen LogP contribution >= 0.6 is 0 Å². The lowest BCUT2D eigenvalue weighted by Crippen LogP contribution is -2.47. The van der Waals surface area contributed by atoms with Crippen molar-refractivity contribution in [3.8, 4) is 0 Å². The van der Waals surface area contributed by atoms with E-state index >= 15 is 0 Å². The number of fused-ring (bicyclic) bond motifs is 6. The first-order chi connectivity index (χ1) is 30.9. The maximum atomic E-state index is 14.8. The molecule has 2 aromatic carbocycles. The molecule has 0 amide bonds. The molecule has 0 saturated carbocycles. The lowest BCUT2D eigenvalue weighted by atomic mass is 10.1. The summed E-state index contributed by atoms with van der Waals surface area (Å²) in [6.07, 6.45) is 0.454. The van der Waals surface area contributed by atoms with Crippen LogP contribution in [0.5, 0.6) is 0 Å². The number of benzene rings is 2. The van der Waals surface area contributed by atoms with Gasteiger partial charge < -0.3 is 15.1 Å². The Balaban J connectivity index is 1.17. The molecule has 0 radical (unpaired) electrons. The molecule has 0 saturated heterocycles. The number of nitrogens with zero attached hydrogens (tertiary/aromatic N) is 9. The molecule has 332 valence electrons. The van der Waals surface area contributed by atoms with Crippen molar-refractivity contribution in [1.29, 1.82) is 0 Å². The van der Waals surface area contributed by atoms with Crippen molar-refractivity contribution in [2.75, 3.05) is 55.6 Å². The molecule has 6 aromatic rings. The molecule has 14 nitrogen and oxygen atoms in total. The van der Waals surface area contributed by atoms with Crippen molar-refractivity contribution in [1.82, 2.24) is 38.8 Å². The molecule has 0 spiro atoms. The molecule has 2 unspecified atom stereocenters. The van der Waals surface area contributed by atoms with Gasteiger partial charge in [-0.05, 0) is 86.6 Å². The van der Waals surface area contributed by atoms with Crippen LogP contribution in [0, 0.1) is 13.8 Å². The molecule has 9 rings (SSSR count). The van der Waals surface area contributed by atoms with Gasteiger partial charge in [-0.2, -0.15) is 8.61 Å². The summed E-state index contributed by atoms with van der Waals surface area (Å²) in [6, 6.07) is 37.4. The van der Waals surface area contributed by atoms with E-state index < -0.39 is 20.0 Å². The molecule has 12 bridgehead atoms. The summed E-state index contributed by atoms with van der Waals surface area (Å²) in [5.41, 5.74) is 6.89. The zero-order valence-electron chi connectivity index (χ0n) is 36.3. The Morgan fingerprint density at radius 1 is 0.469 bits per heavy atom. The van der Waals surface area contributed by atoms with E-state index in [2.05, 4.69) is 20.0 Å². The van der Waals surface area contributed by atoms with E-state index in [1.165, 1.54) is 0 Å². The third-order valence-electron chi connectivity index (χ3n) is 12.1. The van der Waals surface area contributed by atoms with Crippen molar-refractivity contribution < 1.29 is 16.8 Å². The van der Waals surface area contributed by atoms with Gasteiger partial charge in [-0.15, -0.1) is 0 Å². The number of aromatic nitrogens is 4. The lowest BCUT2D eigenvalue weighted by Gasteiger charge is -2.33. The van der Waals surface area contributed by atoms with Gasteiger partial charge in [-0.3, -0.25) is 19.9 Å². The van der Waals surface area contributed by atoms with Crippen LogP contribution in [0.4, 0.5) is 11.6 Å². The van der Waals surface area contributed by atoms with Gasteiger partial charge >= 0.3 is 0 Å². The third kappa shape index (κ3) is 10.2. The third-order valence-corrected chi connectivity index (χ3v) is 15.9. The molecule has 16 heteroatoms. The maximum absolute atomic E-state index is 14.8. The number of hydrogen-bond acceptors (Lipinski definition) is 12. The standard InChI is InChI=1S/C48H54N10O4S2/c1-36-15-19-45(20-16-36)63(59,60)57-26-23-54-31-40-9-3-7-38(50-40)29-44(49-30-39-8-4-10-41(32-54)51-39)35-58(64(61,62)46-21-17-37(2)18-22-46)28-25-56-34-43-12-5-11-42(52-43)33-55(24-27-57)47-13-6-14-48(56)53-47/h3-22,44,49H,23-35H2,1-2H3. The van der Waals surface area contributed by atoms with Crippen LogP contribution in [0.2, 0.25) is 0 Å². The fourth-order valence-electron chi connectivity index (χ4n) is 8.58. The first kappa shape index (κ1) is 43.6. The number of pyridine rings is 4. The van der Waals surface area contributed by atoms with Gasteiger partial charge in [-0.25, -0.2) is 21.8 Å². The minimum Gasteiger partial charge on any atom is -0.349 e. The fourth-order valence-corrected chi connectivity index (χ4v) is 11.5. The predicted molar refractivity (Wildman–Crippen MR) is 247 cm³/mol. The Morgan fingerprint density at radius 2 is 0.906 bits per heavy atom. The van der Waals surface area contributed by atoms with Gasteiger partial charge in [-0.1, -0.05) is 59.7 Å². The van der Waals surface area contributed by atoms with Crippen molar-refractivity contribution >= 4 is 31.7 Å². The van der Waals surface area contributed by atoms with E-state index in [9.17, 15) is 16.8 Å². The van der Waals surface area contributed by atoms with Crippen LogP contribution in [0.15, 0.2) is 131 Å². The second kappa shape index (κ2) is 18.8. The number of aryl methyl sites for hydroxylation is 2. The molecular formula is C48H54N10O4S2. The minimum absolute atomic E-state index is 0.158. The molecule has 2 atom stereocenters. The summed E-state index contributed by atoms with van der Waals surface area (Å²) >= 11 is 0. The number of rotatable bonds is 4. The Labute approximate surface area is 376 Å². The molecule has 3 aliphatic rings. The Hall–Kier alpha value is -5.62. The molecule has 1 N–H and O–H groups in total. The minimum atomic E-state index is -3.99. The number of sulfonamides is 2. The summed E-state index contributed by atoms with van der Waals surface area (Å²) < 4.78 is 62.2. The van der Waals surface area contributed by atoms with Gasteiger partial charge in [0, 0.05) is 83.6 Å². The first-order valence-electron chi connectivity index (χ1n) is 21.9. The first-order valence-corrected chi connectivity index (χ1v) is 24.7. The van der Waals surface area contributed by atoms with Gasteiger partial charge in [0.05, 0.1) is 51.4 Å². The van der Waals surface area contributed by atoms with Crippen LogP contribution in [0.25, 0.3) is 0 Å². The smallest absolute Gasteiger partial charge is 0.243 e. The molecule has 4 aromatic heterocycles. The highest BCUT2D eigenvalue weighted by molar-refractivity contribution is 7.89. The molecule has 0 aliphatic carbocycles. The monoisotopic (exact) mass is 898 g/mol. The Morgan fingerprint density at radius 3 is 1.48 bits per heavy atom. The van der Waals surface area contributed by atoms with E-state index in [-0.39, 0.29) is 42.0 Å². The van der Waals surface area contributed by atoms with E-state index in [0.717, 1.165) is 45.3 Å². The lowest BCUT2D eigenvalue weighted by molar-refractivity contribution is 0.229. The number of hydrogen-bond donors (Lipinski definition) is 1. The van der Waals surface area contributed by atoms with Crippen molar-refractivity contribution in [3.63, 3.8) is 0 Å². The van der Waals surface area contributed by atoms with Crippen molar-refractivity contribution in [3.05, 3.63) is 167 Å². The molecule has 0 fully saturated rings. The van der Waals surface area contributed by atoms with Gasteiger partial charge in [0.25, 0.3) is 0 Å². The second-order valence-corrected chi connectivity index (χ2v) is 20.8. The predicted octanol–water partition coefficient (Wildman–Crippen LogP) is 5.32. The molecule has 7 heterocycles.